The Morgan fingerprint density at radius 2 is 1.10 bits per heavy atom. The first kappa shape index (κ1) is 25.6. The van der Waals surface area contributed by atoms with Crippen LogP contribution in [0.4, 0.5) is 0 Å². The molecule has 2 aromatic heterocycles. The highest BCUT2D eigenvalue weighted by Gasteiger charge is 2.16. The van der Waals surface area contributed by atoms with Gasteiger partial charge < -0.3 is 0 Å². The fourth-order valence-corrected chi connectivity index (χ4v) is 5.27. The van der Waals surface area contributed by atoms with Crippen LogP contribution in [0, 0.1) is 13.8 Å². The van der Waals surface area contributed by atoms with Crippen molar-refractivity contribution in [2.45, 2.75) is 40.0 Å². The number of rotatable bonds is 4. The average Bonchev–Trinajstić information content (AvgIpc) is 2.96. The molecule has 4 aromatic carbocycles. The van der Waals surface area contributed by atoms with Gasteiger partial charge in [0.25, 0.3) is 0 Å². The minimum absolute atomic E-state index is 0.0615. The first-order valence-electron chi connectivity index (χ1n) is 13.8. The highest BCUT2D eigenvalue weighted by Crippen LogP contribution is 2.37. The zero-order chi connectivity index (χ0) is 27.9. The molecule has 196 valence electrons. The summed E-state index contributed by atoms with van der Waals surface area (Å²) in [6.45, 7) is 11.0. The van der Waals surface area contributed by atoms with Crippen molar-refractivity contribution in [1.29, 1.82) is 0 Å². The van der Waals surface area contributed by atoms with Crippen molar-refractivity contribution in [3.63, 3.8) is 0 Å². The first-order valence-corrected chi connectivity index (χ1v) is 13.8. The largest absolute Gasteiger partial charge is 0.256 e. The van der Waals surface area contributed by atoms with Gasteiger partial charge in [0.1, 0.15) is 0 Å². The predicted octanol–water partition coefficient (Wildman–Crippen LogP) is 9.61. The van der Waals surface area contributed by atoms with Crippen LogP contribution < -0.4 is 0 Å². The maximum atomic E-state index is 4.83. The first-order chi connectivity index (χ1) is 19.3. The van der Waals surface area contributed by atoms with E-state index in [1.54, 1.807) is 12.4 Å². The van der Waals surface area contributed by atoms with Crippen LogP contribution >= 0.6 is 0 Å². The second kappa shape index (κ2) is 10.2. The van der Waals surface area contributed by atoms with Crippen LogP contribution in [-0.4, -0.2) is 15.0 Å². The fourth-order valence-electron chi connectivity index (χ4n) is 5.27. The predicted molar refractivity (Wildman–Crippen MR) is 167 cm³/mol. The molecule has 0 aliphatic rings. The van der Waals surface area contributed by atoms with E-state index in [2.05, 4.69) is 126 Å². The van der Waals surface area contributed by atoms with E-state index in [0.717, 1.165) is 44.5 Å². The van der Waals surface area contributed by atoms with Crippen molar-refractivity contribution in [1.82, 2.24) is 15.0 Å². The molecule has 0 fully saturated rings. The molecule has 0 saturated carbocycles. The molecule has 2 heterocycles. The zero-order valence-corrected chi connectivity index (χ0v) is 23.7. The Kier molecular flexibility index (Phi) is 6.51. The molecule has 6 rings (SSSR count). The molecule has 0 amide bonds. The number of aromatic nitrogens is 3. The van der Waals surface area contributed by atoms with Gasteiger partial charge in [0.15, 0.2) is 0 Å². The Labute approximate surface area is 236 Å². The van der Waals surface area contributed by atoms with Crippen molar-refractivity contribution < 1.29 is 0 Å². The molecule has 0 radical (unpaired) electrons. The summed E-state index contributed by atoms with van der Waals surface area (Å²) in [7, 11) is 0. The van der Waals surface area contributed by atoms with Crippen LogP contribution in [0.25, 0.3) is 55.7 Å². The van der Waals surface area contributed by atoms with E-state index in [0.29, 0.717) is 0 Å². The summed E-state index contributed by atoms with van der Waals surface area (Å²) in [6.07, 6.45) is 5.47. The molecular formula is C37H33N3. The average molecular weight is 520 g/mol. The maximum absolute atomic E-state index is 4.83. The second-order valence-corrected chi connectivity index (χ2v) is 11.6. The minimum atomic E-state index is 0.0615. The standard InChI is InChI=1S/C37H33N3/c1-24-9-11-26(12-10-24)29-19-25(2)20-30(22-29)33-14-13-32(35-36(33)40-18-17-39-35)27-7-6-8-28(21-27)34-23-31(15-16-38-34)37(3,4)5/h6-23H,1-5H3. The smallest absolute Gasteiger partial charge is 0.0971 e. The van der Waals surface area contributed by atoms with Gasteiger partial charge in [-0.3, -0.25) is 15.0 Å². The Hall–Kier alpha value is -4.63. The number of benzene rings is 4. The van der Waals surface area contributed by atoms with Crippen LogP contribution in [0.2, 0.25) is 0 Å². The van der Waals surface area contributed by atoms with Gasteiger partial charge in [0.05, 0.1) is 16.7 Å². The zero-order valence-electron chi connectivity index (χ0n) is 23.7. The Morgan fingerprint density at radius 1 is 0.475 bits per heavy atom. The number of hydrogen-bond acceptors (Lipinski definition) is 3. The van der Waals surface area contributed by atoms with Crippen molar-refractivity contribution in [2.24, 2.45) is 0 Å². The van der Waals surface area contributed by atoms with Crippen LogP contribution in [-0.2, 0) is 5.41 Å². The topological polar surface area (TPSA) is 38.7 Å². The van der Waals surface area contributed by atoms with E-state index in [1.165, 1.54) is 27.8 Å². The lowest BCUT2D eigenvalue weighted by atomic mass is 9.87. The molecule has 0 atom stereocenters. The van der Waals surface area contributed by atoms with Gasteiger partial charge >= 0.3 is 0 Å². The summed E-state index contributed by atoms with van der Waals surface area (Å²) in [5.41, 5.74) is 14.5. The van der Waals surface area contributed by atoms with Crippen LogP contribution in [0.1, 0.15) is 37.5 Å². The number of hydrogen-bond donors (Lipinski definition) is 0. The summed E-state index contributed by atoms with van der Waals surface area (Å²) in [6, 6.07) is 32.7. The summed E-state index contributed by atoms with van der Waals surface area (Å²) < 4.78 is 0. The quantitative estimate of drug-likeness (QED) is 0.233. The Bertz CT molecular complexity index is 1840. The van der Waals surface area contributed by atoms with Crippen LogP contribution in [0.5, 0.6) is 0 Å². The third-order valence-electron chi connectivity index (χ3n) is 7.49. The van der Waals surface area contributed by atoms with Gasteiger partial charge in [-0.2, -0.15) is 0 Å². The minimum Gasteiger partial charge on any atom is -0.256 e. The van der Waals surface area contributed by atoms with Crippen molar-refractivity contribution in [3.8, 4) is 44.6 Å². The molecule has 40 heavy (non-hydrogen) atoms. The highest BCUT2D eigenvalue weighted by atomic mass is 14.8. The van der Waals surface area contributed by atoms with E-state index in [1.807, 2.05) is 6.20 Å². The molecule has 0 bridgehead atoms. The monoisotopic (exact) mass is 519 g/mol. The highest BCUT2D eigenvalue weighted by molar-refractivity contribution is 6.01. The Balaban J connectivity index is 1.45. The van der Waals surface area contributed by atoms with E-state index >= 15 is 0 Å². The summed E-state index contributed by atoms with van der Waals surface area (Å²) in [5.74, 6) is 0. The van der Waals surface area contributed by atoms with E-state index in [4.69, 9.17) is 15.0 Å². The third kappa shape index (κ3) is 5.03. The molecule has 3 nitrogen and oxygen atoms in total. The molecule has 0 aliphatic carbocycles. The van der Waals surface area contributed by atoms with E-state index in [-0.39, 0.29) is 5.41 Å². The van der Waals surface area contributed by atoms with Gasteiger partial charge in [-0.15, -0.1) is 0 Å². The number of aryl methyl sites for hydroxylation is 2. The lowest BCUT2D eigenvalue weighted by molar-refractivity contribution is 0.589. The van der Waals surface area contributed by atoms with Gasteiger partial charge in [-0.05, 0) is 76.9 Å². The van der Waals surface area contributed by atoms with Crippen molar-refractivity contribution in [2.75, 3.05) is 0 Å². The molecule has 0 aliphatic heterocycles. The normalized spacial score (nSPS) is 11.6. The fraction of sp³-hybridized carbons (Fsp3) is 0.162. The van der Waals surface area contributed by atoms with Gasteiger partial charge in [-0.25, -0.2) is 0 Å². The molecule has 0 spiro atoms. The van der Waals surface area contributed by atoms with Crippen molar-refractivity contribution >= 4 is 11.0 Å². The summed E-state index contributed by atoms with van der Waals surface area (Å²) >= 11 is 0. The molecular weight excluding hydrogens is 486 g/mol. The second-order valence-electron chi connectivity index (χ2n) is 11.6. The van der Waals surface area contributed by atoms with E-state index < -0.39 is 0 Å². The summed E-state index contributed by atoms with van der Waals surface area (Å²) in [4.78, 5) is 14.4. The molecule has 3 heteroatoms. The van der Waals surface area contributed by atoms with Crippen LogP contribution in [0.3, 0.4) is 0 Å². The van der Waals surface area contributed by atoms with E-state index in [9.17, 15) is 0 Å². The molecule has 0 saturated heterocycles. The molecule has 6 aromatic rings. The summed E-state index contributed by atoms with van der Waals surface area (Å²) in [5, 5.41) is 0. The number of pyridine rings is 1. The molecule has 0 unspecified atom stereocenters. The maximum Gasteiger partial charge on any atom is 0.0971 e. The van der Waals surface area contributed by atoms with Gasteiger partial charge in [0, 0.05) is 35.3 Å². The van der Waals surface area contributed by atoms with Gasteiger partial charge in [0.2, 0.25) is 0 Å². The lowest BCUT2D eigenvalue weighted by Gasteiger charge is -2.19. The third-order valence-corrected chi connectivity index (χ3v) is 7.49. The van der Waals surface area contributed by atoms with Gasteiger partial charge in [-0.1, -0.05) is 93.1 Å². The number of nitrogens with zero attached hydrogens (tertiary/aromatic N) is 3. The van der Waals surface area contributed by atoms with Crippen molar-refractivity contribution in [3.05, 3.63) is 126 Å². The Morgan fingerprint density at radius 3 is 1.80 bits per heavy atom. The number of fused-ring (bicyclic) bond motifs is 1. The molecule has 0 N–H and O–H groups in total. The lowest BCUT2D eigenvalue weighted by Crippen LogP contribution is -2.11. The van der Waals surface area contributed by atoms with Crippen LogP contribution in [0.15, 0.2) is 110 Å². The SMILES string of the molecule is Cc1ccc(-c2cc(C)cc(-c3ccc(-c4cccc(-c5cc(C(C)(C)C)ccn5)c4)c4nccnc34)c2)cc1.